The van der Waals surface area contributed by atoms with Crippen LogP contribution >= 0.6 is 0 Å². The lowest BCUT2D eigenvalue weighted by molar-refractivity contribution is -0.173. The zero-order chi connectivity index (χ0) is 22.9. The number of aromatic nitrogens is 2. The molecule has 2 aromatic rings. The summed E-state index contributed by atoms with van der Waals surface area (Å²) in [5.74, 6) is 0.411. The number of methoxy groups -OCH3 is 2. The molecule has 2 aliphatic rings. The molecule has 32 heavy (non-hydrogen) atoms. The van der Waals surface area contributed by atoms with Gasteiger partial charge >= 0.3 is 6.18 Å². The van der Waals surface area contributed by atoms with Gasteiger partial charge in [-0.05, 0) is 30.5 Å². The maximum Gasteiger partial charge on any atom is 0.410 e. The Kier molecular flexibility index (Phi) is 6.18. The minimum absolute atomic E-state index is 0.0307. The standard InChI is InChI=1S/C21H25F3N4O4/c1-30-16-6-5-12(8-17(16)31-2)15-9-18(21(22,23)24)28-19(27-15)14(11-26-28)20(29)25-10-13-4-3-7-32-13/h5-6,8,11,13,15,18,27H,3-4,7,9-10H2,1-2H3,(H,25,29)/t13-,15+,18+/m0/s1. The van der Waals surface area contributed by atoms with E-state index in [9.17, 15) is 18.0 Å². The Morgan fingerprint density at radius 3 is 2.75 bits per heavy atom. The first-order valence-corrected chi connectivity index (χ1v) is 10.3. The van der Waals surface area contributed by atoms with Crippen molar-refractivity contribution in [3.8, 4) is 11.5 Å². The van der Waals surface area contributed by atoms with E-state index in [0.29, 0.717) is 30.2 Å². The van der Waals surface area contributed by atoms with Crippen LogP contribution < -0.4 is 20.1 Å². The van der Waals surface area contributed by atoms with Gasteiger partial charge in [-0.15, -0.1) is 0 Å². The Morgan fingerprint density at radius 2 is 2.09 bits per heavy atom. The molecule has 1 aromatic carbocycles. The smallest absolute Gasteiger partial charge is 0.410 e. The van der Waals surface area contributed by atoms with Gasteiger partial charge in [0.1, 0.15) is 11.4 Å². The topological polar surface area (TPSA) is 86.6 Å². The molecule has 0 radical (unpaired) electrons. The van der Waals surface area contributed by atoms with Crippen LogP contribution in [0.2, 0.25) is 0 Å². The van der Waals surface area contributed by atoms with E-state index in [0.717, 1.165) is 17.5 Å². The molecule has 0 unspecified atom stereocenters. The third kappa shape index (κ3) is 4.34. The number of carbonyl (C=O) groups excluding carboxylic acids is 1. The first-order chi connectivity index (χ1) is 15.3. The highest BCUT2D eigenvalue weighted by Crippen LogP contribution is 2.45. The van der Waals surface area contributed by atoms with Gasteiger partial charge in [0.2, 0.25) is 0 Å². The van der Waals surface area contributed by atoms with Gasteiger partial charge < -0.3 is 24.8 Å². The quantitative estimate of drug-likeness (QED) is 0.695. The number of ether oxygens (including phenoxy) is 3. The van der Waals surface area contributed by atoms with E-state index in [1.807, 2.05) is 0 Å². The molecule has 0 saturated carbocycles. The van der Waals surface area contributed by atoms with Crippen molar-refractivity contribution in [3.63, 3.8) is 0 Å². The molecule has 3 atom stereocenters. The van der Waals surface area contributed by atoms with Crippen molar-refractivity contribution < 1.29 is 32.2 Å². The summed E-state index contributed by atoms with van der Waals surface area (Å²) in [7, 11) is 2.94. The van der Waals surface area contributed by atoms with Gasteiger partial charge in [0.15, 0.2) is 17.5 Å². The number of carbonyl (C=O) groups is 1. The predicted octanol–water partition coefficient (Wildman–Crippen LogP) is 3.47. The van der Waals surface area contributed by atoms with Gasteiger partial charge in [-0.3, -0.25) is 4.79 Å². The Hall–Kier alpha value is -2.95. The van der Waals surface area contributed by atoms with Crippen LogP contribution in [0, 0.1) is 0 Å². The summed E-state index contributed by atoms with van der Waals surface area (Å²) in [5, 5.41) is 9.71. The van der Waals surface area contributed by atoms with Gasteiger partial charge in [0.05, 0.1) is 32.6 Å². The number of nitrogens with one attached hydrogen (secondary N) is 2. The van der Waals surface area contributed by atoms with Crippen LogP contribution in [-0.4, -0.2) is 55.3 Å². The molecule has 2 aliphatic heterocycles. The highest BCUT2D eigenvalue weighted by atomic mass is 19.4. The fourth-order valence-corrected chi connectivity index (χ4v) is 4.12. The number of amides is 1. The number of benzene rings is 1. The molecule has 1 fully saturated rings. The van der Waals surface area contributed by atoms with E-state index in [-0.39, 0.29) is 23.9 Å². The molecule has 1 aromatic heterocycles. The van der Waals surface area contributed by atoms with Crippen molar-refractivity contribution >= 4 is 11.7 Å². The van der Waals surface area contributed by atoms with Crippen molar-refractivity contribution in [2.24, 2.45) is 0 Å². The van der Waals surface area contributed by atoms with Crippen molar-refractivity contribution in [1.29, 1.82) is 0 Å². The van der Waals surface area contributed by atoms with Gasteiger partial charge in [0, 0.05) is 19.6 Å². The molecule has 174 valence electrons. The minimum Gasteiger partial charge on any atom is -0.493 e. The average Bonchev–Trinajstić information content (AvgIpc) is 3.45. The van der Waals surface area contributed by atoms with Crippen LogP contribution in [-0.2, 0) is 4.74 Å². The van der Waals surface area contributed by atoms with Crippen molar-refractivity contribution in [2.45, 2.75) is 43.6 Å². The summed E-state index contributed by atoms with van der Waals surface area (Å²) >= 11 is 0. The highest BCUT2D eigenvalue weighted by Gasteiger charge is 2.47. The molecular formula is C21H25F3N4O4. The number of anilines is 1. The number of hydrogen-bond donors (Lipinski definition) is 2. The van der Waals surface area contributed by atoms with Gasteiger partial charge in [0.25, 0.3) is 5.91 Å². The Morgan fingerprint density at radius 1 is 1.31 bits per heavy atom. The van der Waals surface area contributed by atoms with Crippen molar-refractivity contribution in [3.05, 3.63) is 35.5 Å². The van der Waals surface area contributed by atoms with E-state index in [1.54, 1.807) is 18.2 Å². The number of nitrogens with zero attached hydrogens (tertiary/aromatic N) is 2. The molecule has 2 N–H and O–H groups in total. The van der Waals surface area contributed by atoms with Crippen LogP contribution in [0.5, 0.6) is 11.5 Å². The summed E-state index contributed by atoms with van der Waals surface area (Å²) < 4.78 is 58.5. The van der Waals surface area contributed by atoms with Crippen LogP contribution in [0.4, 0.5) is 19.0 Å². The summed E-state index contributed by atoms with van der Waals surface area (Å²) in [5.41, 5.74) is 0.637. The average molecular weight is 454 g/mol. The molecule has 1 saturated heterocycles. The lowest BCUT2D eigenvalue weighted by Crippen LogP contribution is -2.37. The minimum atomic E-state index is -4.54. The second-order valence-electron chi connectivity index (χ2n) is 7.80. The molecule has 3 heterocycles. The maximum absolute atomic E-state index is 13.9. The van der Waals surface area contributed by atoms with E-state index in [4.69, 9.17) is 14.2 Å². The van der Waals surface area contributed by atoms with Crippen LogP contribution in [0.15, 0.2) is 24.4 Å². The highest BCUT2D eigenvalue weighted by molar-refractivity contribution is 5.98. The molecule has 1 amide bonds. The number of alkyl halides is 3. The van der Waals surface area contributed by atoms with E-state index < -0.39 is 24.2 Å². The van der Waals surface area contributed by atoms with E-state index >= 15 is 0 Å². The number of hydrogen-bond acceptors (Lipinski definition) is 6. The number of fused-ring (bicyclic) bond motifs is 1. The molecule has 11 heteroatoms. The molecule has 0 aliphatic carbocycles. The van der Waals surface area contributed by atoms with Crippen LogP contribution in [0.25, 0.3) is 0 Å². The first-order valence-electron chi connectivity index (χ1n) is 10.3. The normalized spacial score (nSPS) is 22.7. The maximum atomic E-state index is 13.9. The second-order valence-corrected chi connectivity index (χ2v) is 7.80. The Balaban J connectivity index is 1.63. The zero-order valence-electron chi connectivity index (χ0n) is 17.7. The SMILES string of the molecule is COc1ccc([C@H]2C[C@H](C(F)(F)F)n3ncc(C(=O)NC[C@@H]4CCCO4)c3N2)cc1OC. The summed E-state index contributed by atoms with van der Waals surface area (Å²) in [6.45, 7) is 0.941. The molecule has 4 rings (SSSR count). The van der Waals surface area contributed by atoms with E-state index in [1.165, 1.54) is 20.4 Å². The first kappa shape index (κ1) is 22.3. The lowest BCUT2D eigenvalue weighted by Gasteiger charge is -2.34. The fraction of sp³-hybridized carbons (Fsp3) is 0.524. The lowest BCUT2D eigenvalue weighted by atomic mass is 9.96. The van der Waals surface area contributed by atoms with Crippen molar-refractivity contribution in [2.75, 3.05) is 32.7 Å². The van der Waals surface area contributed by atoms with Crippen LogP contribution in [0.3, 0.4) is 0 Å². The third-order valence-corrected chi connectivity index (χ3v) is 5.81. The van der Waals surface area contributed by atoms with Gasteiger partial charge in [-0.25, -0.2) is 4.68 Å². The monoisotopic (exact) mass is 454 g/mol. The molecule has 0 spiro atoms. The number of rotatable bonds is 6. The summed E-state index contributed by atoms with van der Waals surface area (Å²) in [6, 6.07) is 2.36. The summed E-state index contributed by atoms with van der Waals surface area (Å²) in [4.78, 5) is 12.7. The second kappa shape index (κ2) is 8.89. The molecular weight excluding hydrogens is 429 g/mol. The summed E-state index contributed by atoms with van der Waals surface area (Å²) in [6.07, 6.45) is -1.98. The van der Waals surface area contributed by atoms with Crippen LogP contribution in [0.1, 0.15) is 47.3 Å². The third-order valence-electron chi connectivity index (χ3n) is 5.81. The van der Waals surface area contributed by atoms with E-state index in [2.05, 4.69) is 15.7 Å². The van der Waals surface area contributed by atoms with Gasteiger partial charge in [-0.1, -0.05) is 6.07 Å². The number of halogens is 3. The van der Waals surface area contributed by atoms with Crippen molar-refractivity contribution in [1.82, 2.24) is 15.1 Å². The largest absolute Gasteiger partial charge is 0.493 e. The predicted molar refractivity (Wildman–Crippen MR) is 109 cm³/mol. The van der Waals surface area contributed by atoms with Gasteiger partial charge in [-0.2, -0.15) is 18.3 Å². The zero-order valence-corrected chi connectivity index (χ0v) is 17.7. The fourth-order valence-electron chi connectivity index (χ4n) is 4.12. The molecule has 8 nitrogen and oxygen atoms in total. The molecule has 0 bridgehead atoms. The Bertz CT molecular complexity index is 972. The Labute approximate surface area is 183 Å².